The Morgan fingerprint density at radius 1 is 0.966 bits per heavy atom. The minimum atomic E-state index is -0.264. The van der Waals surface area contributed by atoms with Gasteiger partial charge in [0.2, 0.25) is 5.13 Å². The lowest BCUT2D eigenvalue weighted by atomic mass is 10.2. The van der Waals surface area contributed by atoms with Crippen LogP contribution in [0.4, 0.5) is 9.52 Å². The van der Waals surface area contributed by atoms with Crippen molar-refractivity contribution >= 4 is 22.7 Å². The number of rotatable bonds is 7. The number of hydrogen-bond donors (Lipinski definition) is 1. The molecule has 0 atom stereocenters. The summed E-state index contributed by atoms with van der Waals surface area (Å²) in [5.41, 5.74) is 6.39. The summed E-state index contributed by atoms with van der Waals surface area (Å²) in [5.74, 6) is 0.408. The van der Waals surface area contributed by atoms with Gasteiger partial charge in [0.1, 0.15) is 18.2 Å². The molecule has 0 unspecified atom stereocenters. The van der Waals surface area contributed by atoms with Crippen molar-refractivity contribution in [2.24, 2.45) is 5.10 Å². The molecule has 0 fully saturated rings. The first-order valence-corrected chi connectivity index (χ1v) is 9.92. The third kappa shape index (κ3) is 5.06. The van der Waals surface area contributed by atoms with E-state index in [4.69, 9.17) is 4.74 Å². The number of nitrogens with one attached hydrogen (secondary N) is 1. The van der Waals surface area contributed by atoms with Gasteiger partial charge in [-0.2, -0.15) is 5.10 Å². The third-order valence-electron chi connectivity index (χ3n) is 4.18. The van der Waals surface area contributed by atoms with Crippen molar-refractivity contribution in [2.45, 2.75) is 6.61 Å². The van der Waals surface area contributed by atoms with Crippen molar-refractivity contribution in [3.8, 4) is 17.0 Å². The lowest BCUT2D eigenvalue weighted by Crippen LogP contribution is -1.98. The highest BCUT2D eigenvalue weighted by Gasteiger charge is 2.03. The van der Waals surface area contributed by atoms with Gasteiger partial charge in [0.15, 0.2) is 0 Å². The first-order chi connectivity index (χ1) is 14.3. The number of hydrazone groups is 1. The van der Waals surface area contributed by atoms with Gasteiger partial charge in [-0.3, -0.25) is 5.43 Å². The molecular formula is C23H18FN3OS. The Kier molecular flexibility index (Phi) is 5.92. The zero-order valence-corrected chi connectivity index (χ0v) is 16.3. The monoisotopic (exact) mass is 403 g/mol. The van der Waals surface area contributed by atoms with E-state index in [-0.39, 0.29) is 12.4 Å². The Labute approximate surface area is 172 Å². The maximum Gasteiger partial charge on any atom is 0.203 e. The summed E-state index contributed by atoms with van der Waals surface area (Å²) in [4.78, 5) is 4.53. The van der Waals surface area contributed by atoms with Gasteiger partial charge in [-0.1, -0.05) is 48.5 Å². The smallest absolute Gasteiger partial charge is 0.203 e. The van der Waals surface area contributed by atoms with Crippen LogP contribution in [0.1, 0.15) is 11.1 Å². The summed E-state index contributed by atoms with van der Waals surface area (Å²) in [7, 11) is 0. The average molecular weight is 403 g/mol. The Hall–Kier alpha value is -3.51. The van der Waals surface area contributed by atoms with E-state index in [1.807, 2.05) is 60.0 Å². The maximum absolute atomic E-state index is 13.6. The Balaban J connectivity index is 1.31. The van der Waals surface area contributed by atoms with E-state index < -0.39 is 0 Å². The number of ether oxygens (including phenoxy) is 1. The van der Waals surface area contributed by atoms with Crippen LogP contribution in [0.5, 0.6) is 5.75 Å². The minimum absolute atomic E-state index is 0.190. The van der Waals surface area contributed by atoms with Crippen molar-refractivity contribution in [3.63, 3.8) is 0 Å². The Morgan fingerprint density at radius 3 is 2.52 bits per heavy atom. The standard InChI is InChI=1S/C23H18FN3OS/c24-21-9-5-4-8-19(21)15-28-20-12-10-17(11-13-20)14-25-27-23-26-22(16-29-23)18-6-2-1-3-7-18/h1-14,16H,15H2,(H,26,27)/b25-14+. The molecule has 0 saturated heterocycles. The fourth-order valence-electron chi connectivity index (χ4n) is 2.66. The number of nitrogens with zero attached hydrogens (tertiary/aromatic N) is 2. The number of thiazole rings is 1. The molecule has 1 N–H and O–H groups in total. The average Bonchev–Trinajstić information content (AvgIpc) is 3.24. The van der Waals surface area contributed by atoms with Crippen LogP contribution in [0.15, 0.2) is 89.3 Å². The van der Waals surface area contributed by atoms with Crippen molar-refractivity contribution < 1.29 is 9.13 Å². The van der Waals surface area contributed by atoms with E-state index in [9.17, 15) is 4.39 Å². The predicted molar refractivity (Wildman–Crippen MR) is 116 cm³/mol. The van der Waals surface area contributed by atoms with E-state index in [0.29, 0.717) is 11.3 Å². The van der Waals surface area contributed by atoms with Crippen LogP contribution in [0.2, 0.25) is 0 Å². The topological polar surface area (TPSA) is 46.5 Å². The van der Waals surface area contributed by atoms with Gasteiger partial charge in [-0.15, -0.1) is 11.3 Å². The molecule has 1 aromatic heterocycles. The molecule has 4 nitrogen and oxygen atoms in total. The van der Waals surface area contributed by atoms with Crippen LogP contribution in [0.25, 0.3) is 11.3 Å². The molecule has 0 bridgehead atoms. The normalized spacial score (nSPS) is 10.9. The van der Waals surface area contributed by atoms with Gasteiger partial charge in [-0.25, -0.2) is 9.37 Å². The molecule has 0 aliphatic rings. The molecule has 0 aliphatic heterocycles. The number of aromatic nitrogens is 1. The summed E-state index contributed by atoms with van der Waals surface area (Å²) in [6, 6.07) is 24.0. The molecule has 0 spiro atoms. The van der Waals surface area contributed by atoms with Gasteiger partial charge in [0.25, 0.3) is 0 Å². The van der Waals surface area contributed by atoms with E-state index in [2.05, 4.69) is 15.5 Å². The second-order valence-corrected chi connectivity index (χ2v) is 7.08. The lowest BCUT2D eigenvalue weighted by molar-refractivity contribution is 0.300. The molecule has 0 amide bonds. The van der Waals surface area contributed by atoms with Crippen molar-refractivity contribution in [1.29, 1.82) is 0 Å². The van der Waals surface area contributed by atoms with Crippen LogP contribution >= 0.6 is 11.3 Å². The van der Waals surface area contributed by atoms with E-state index in [1.54, 1.807) is 24.4 Å². The third-order valence-corrected chi connectivity index (χ3v) is 4.93. The van der Waals surface area contributed by atoms with Crippen LogP contribution in [-0.4, -0.2) is 11.2 Å². The largest absolute Gasteiger partial charge is 0.489 e. The molecule has 3 aromatic carbocycles. The van der Waals surface area contributed by atoms with E-state index >= 15 is 0 Å². The summed E-state index contributed by atoms with van der Waals surface area (Å²) < 4.78 is 19.3. The van der Waals surface area contributed by atoms with Gasteiger partial charge in [0, 0.05) is 16.5 Å². The Morgan fingerprint density at radius 2 is 1.72 bits per heavy atom. The molecule has 0 radical (unpaired) electrons. The maximum atomic E-state index is 13.6. The first-order valence-electron chi connectivity index (χ1n) is 9.04. The summed E-state index contributed by atoms with van der Waals surface area (Å²) >= 11 is 1.50. The van der Waals surface area contributed by atoms with E-state index in [1.165, 1.54) is 17.4 Å². The van der Waals surface area contributed by atoms with E-state index in [0.717, 1.165) is 22.0 Å². The molecule has 6 heteroatoms. The molecule has 1 heterocycles. The zero-order chi connectivity index (χ0) is 19.9. The highest BCUT2D eigenvalue weighted by atomic mass is 32.1. The molecule has 144 valence electrons. The summed E-state index contributed by atoms with van der Waals surface area (Å²) in [6.07, 6.45) is 1.71. The predicted octanol–water partition coefficient (Wildman–Crippen LogP) is 5.97. The molecule has 4 aromatic rings. The zero-order valence-electron chi connectivity index (χ0n) is 15.5. The second-order valence-electron chi connectivity index (χ2n) is 6.22. The number of benzene rings is 3. The second kappa shape index (κ2) is 9.12. The summed E-state index contributed by atoms with van der Waals surface area (Å²) in [5, 5.41) is 6.96. The summed E-state index contributed by atoms with van der Waals surface area (Å²) in [6.45, 7) is 0.190. The van der Waals surface area contributed by atoms with Crippen LogP contribution < -0.4 is 10.2 Å². The van der Waals surface area contributed by atoms with Crippen LogP contribution in [0, 0.1) is 5.82 Å². The van der Waals surface area contributed by atoms with Crippen LogP contribution in [0.3, 0.4) is 0 Å². The van der Waals surface area contributed by atoms with Gasteiger partial charge < -0.3 is 4.74 Å². The first kappa shape index (κ1) is 18.8. The quantitative estimate of drug-likeness (QED) is 0.305. The highest BCUT2D eigenvalue weighted by molar-refractivity contribution is 7.14. The lowest BCUT2D eigenvalue weighted by Gasteiger charge is -2.07. The van der Waals surface area contributed by atoms with Gasteiger partial charge >= 0.3 is 0 Å². The fraction of sp³-hybridized carbons (Fsp3) is 0.0435. The molecule has 0 aliphatic carbocycles. The minimum Gasteiger partial charge on any atom is -0.489 e. The molecule has 4 rings (SSSR count). The highest BCUT2D eigenvalue weighted by Crippen LogP contribution is 2.24. The molecule has 0 saturated carbocycles. The fourth-order valence-corrected chi connectivity index (χ4v) is 3.32. The van der Waals surface area contributed by atoms with Gasteiger partial charge in [-0.05, 0) is 35.9 Å². The Bertz CT molecular complexity index is 1090. The number of hydrogen-bond acceptors (Lipinski definition) is 5. The van der Waals surface area contributed by atoms with Crippen molar-refractivity contribution in [3.05, 3.63) is 101 Å². The molecule has 29 heavy (non-hydrogen) atoms. The van der Waals surface area contributed by atoms with Crippen molar-refractivity contribution in [1.82, 2.24) is 4.98 Å². The SMILES string of the molecule is Fc1ccccc1COc1ccc(/C=N/Nc2nc(-c3ccccc3)cs2)cc1. The van der Waals surface area contributed by atoms with Crippen LogP contribution in [-0.2, 0) is 6.61 Å². The van der Waals surface area contributed by atoms with Crippen molar-refractivity contribution in [2.75, 3.05) is 5.43 Å². The molecular weight excluding hydrogens is 385 g/mol. The van der Waals surface area contributed by atoms with Gasteiger partial charge in [0.05, 0.1) is 11.9 Å². The number of anilines is 1. The number of halogens is 1.